The van der Waals surface area contributed by atoms with Crippen molar-refractivity contribution in [2.45, 2.75) is 33.4 Å². The predicted molar refractivity (Wildman–Crippen MR) is 59.3 cm³/mol. The van der Waals surface area contributed by atoms with Crippen LogP contribution in [0, 0.1) is 5.41 Å². The molecule has 1 unspecified atom stereocenters. The first-order chi connectivity index (χ1) is 6.50. The van der Waals surface area contributed by atoms with E-state index >= 15 is 0 Å². The number of aliphatic hydroxyl groups is 1. The van der Waals surface area contributed by atoms with Crippen molar-refractivity contribution in [3.63, 3.8) is 0 Å². The van der Waals surface area contributed by atoms with E-state index < -0.39 is 0 Å². The molecule has 0 bridgehead atoms. The predicted octanol–water partition coefficient (Wildman–Crippen LogP) is 1.64. The van der Waals surface area contributed by atoms with Gasteiger partial charge in [-0.15, -0.1) is 11.3 Å². The van der Waals surface area contributed by atoms with Crippen LogP contribution >= 0.6 is 11.3 Å². The molecule has 0 saturated carbocycles. The first-order valence-corrected chi connectivity index (χ1v) is 5.70. The Bertz CT molecular complexity index is 254. The molecule has 0 aliphatic carbocycles. The van der Waals surface area contributed by atoms with Gasteiger partial charge < -0.3 is 10.4 Å². The topological polar surface area (TPSA) is 45.1 Å². The van der Waals surface area contributed by atoms with Crippen molar-refractivity contribution < 1.29 is 5.11 Å². The van der Waals surface area contributed by atoms with E-state index in [-0.39, 0.29) is 11.5 Å². The van der Waals surface area contributed by atoms with Crippen LogP contribution in [0.15, 0.2) is 10.9 Å². The second-order valence-corrected chi connectivity index (χ2v) is 5.21. The lowest BCUT2D eigenvalue weighted by Gasteiger charge is -2.25. The van der Waals surface area contributed by atoms with Crippen LogP contribution in [0.5, 0.6) is 0 Å². The van der Waals surface area contributed by atoms with Crippen LogP contribution in [0.2, 0.25) is 0 Å². The molecule has 4 heteroatoms. The first-order valence-electron chi connectivity index (χ1n) is 4.76. The highest BCUT2D eigenvalue weighted by molar-refractivity contribution is 7.07. The summed E-state index contributed by atoms with van der Waals surface area (Å²) in [4.78, 5) is 4.15. The molecule has 2 N–H and O–H groups in total. The second-order valence-electron chi connectivity index (χ2n) is 4.49. The summed E-state index contributed by atoms with van der Waals surface area (Å²) in [6.45, 7) is 7.43. The molecule has 0 aliphatic rings. The Morgan fingerprint density at radius 1 is 1.57 bits per heavy atom. The maximum Gasteiger partial charge on any atom is 0.0795 e. The third-order valence-corrected chi connectivity index (χ3v) is 2.76. The Kier molecular flexibility index (Phi) is 4.04. The molecule has 0 aliphatic heterocycles. The van der Waals surface area contributed by atoms with Gasteiger partial charge in [0.2, 0.25) is 0 Å². The van der Waals surface area contributed by atoms with E-state index in [1.165, 1.54) is 0 Å². The van der Waals surface area contributed by atoms with Crippen LogP contribution < -0.4 is 5.32 Å². The highest BCUT2D eigenvalue weighted by atomic mass is 32.1. The zero-order valence-corrected chi connectivity index (χ0v) is 9.77. The number of thiazole rings is 1. The van der Waals surface area contributed by atoms with Crippen LogP contribution in [-0.2, 0) is 6.54 Å². The molecule has 1 heterocycles. The van der Waals surface area contributed by atoms with E-state index in [0.29, 0.717) is 6.54 Å². The van der Waals surface area contributed by atoms with Crippen LogP contribution in [0.3, 0.4) is 0 Å². The summed E-state index contributed by atoms with van der Waals surface area (Å²) in [5.74, 6) is 0. The van der Waals surface area contributed by atoms with Crippen molar-refractivity contribution in [2.75, 3.05) is 6.54 Å². The molecule has 1 aromatic rings. The number of aromatic nitrogens is 1. The molecule has 0 aromatic carbocycles. The van der Waals surface area contributed by atoms with Gasteiger partial charge in [-0.3, -0.25) is 0 Å². The molecule has 0 saturated heterocycles. The Morgan fingerprint density at radius 2 is 2.29 bits per heavy atom. The van der Waals surface area contributed by atoms with Gasteiger partial charge in [0.05, 0.1) is 17.3 Å². The Balaban J connectivity index is 2.22. The number of aliphatic hydroxyl groups excluding tert-OH is 1. The Labute approximate surface area is 89.2 Å². The van der Waals surface area contributed by atoms with Crippen LogP contribution in [0.25, 0.3) is 0 Å². The molecule has 3 nitrogen and oxygen atoms in total. The van der Waals surface area contributed by atoms with E-state index in [1.54, 1.807) is 11.3 Å². The maximum atomic E-state index is 9.73. The van der Waals surface area contributed by atoms with Crippen molar-refractivity contribution in [2.24, 2.45) is 5.41 Å². The Morgan fingerprint density at radius 3 is 2.79 bits per heavy atom. The second kappa shape index (κ2) is 4.87. The monoisotopic (exact) mass is 214 g/mol. The first kappa shape index (κ1) is 11.6. The van der Waals surface area contributed by atoms with Gasteiger partial charge >= 0.3 is 0 Å². The van der Waals surface area contributed by atoms with Gasteiger partial charge in [-0.1, -0.05) is 20.8 Å². The summed E-state index contributed by atoms with van der Waals surface area (Å²) in [6, 6.07) is 0. The Hall–Kier alpha value is -0.450. The standard InChI is InChI=1S/C10H18N2OS/c1-10(2,3)9(13)5-11-4-8-6-14-7-12-8/h6-7,9,11,13H,4-5H2,1-3H3. The average molecular weight is 214 g/mol. The number of hydrogen-bond acceptors (Lipinski definition) is 4. The van der Waals surface area contributed by atoms with Gasteiger partial charge in [0.1, 0.15) is 0 Å². The van der Waals surface area contributed by atoms with E-state index in [2.05, 4.69) is 10.3 Å². The lowest BCUT2D eigenvalue weighted by atomic mass is 9.89. The van der Waals surface area contributed by atoms with Gasteiger partial charge in [-0.2, -0.15) is 0 Å². The number of hydrogen-bond donors (Lipinski definition) is 2. The fourth-order valence-electron chi connectivity index (χ4n) is 0.968. The van der Waals surface area contributed by atoms with Gasteiger partial charge in [0, 0.05) is 18.5 Å². The van der Waals surface area contributed by atoms with E-state index in [9.17, 15) is 5.11 Å². The quantitative estimate of drug-likeness (QED) is 0.801. The molecule has 1 rings (SSSR count). The molecular weight excluding hydrogens is 196 g/mol. The number of rotatable bonds is 4. The minimum absolute atomic E-state index is 0.0604. The van der Waals surface area contributed by atoms with Gasteiger partial charge in [-0.25, -0.2) is 4.98 Å². The fourth-order valence-corrected chi connectivity index (χ4v) is 1.53. The third-order valence-electron chi connectivity index (χ3n) is 2.13. The average Bonchev–Trinajstić information content (AvgIpc) is 2.55. The van der Waals surface area contributed by atoms with Crippen LogP contribution in [0.1, 0.15) is 26.5 Å². The molecular formula is C10H18N2OS. The van der Waals surface area contributed by atoms with E-state index in [4.69, 9.17) is 0 Å². The minimum atomic E-state index is -0.318. The van der Waals surface area contributed by atoms with Gasteiger partial charge in [-0.05, 0) is 5.41 Å². The normalized spacial score (nSPS) is 14.3. The molecule has 14 heavy (non-hydrogen) atoms. The van der Waals surface area contributed by atoms with Crippen LogP contribution in [0.4, 0.5) is 0 Å². The largest absolute Gasteiger partial charge is 0.391 e. The molecule has 0 amide bonds. The summed E-state index contributed by atoms with van der Waals surface area (Å²) in [5, 5.41) is 14.9. The SMILES string of the molecule is CC(C)(C)C(O)CNCc1cscn1. The molecule has 0 radical (unpaired) electrons. The van der Waals surface area contributed by atoms with Crippen molar-refractivity contribution in [1.29, 1.82) is 0 Å². The van der Waals surface area contributed by atoms with E-state index in [0.717, 1.165) is 12.2 Å². The maximum absolute atomic E-state index is 9.73. The van der Waals surface area contributed by atoms with Crippen molar-refractivity contribution >= 4 is 11.3 Å². The molecule has 1 atom stereocenters. The van der Waals surface area contributed by atoms with Crippen molar-refractivity contribution in [1.82, 2.24) is 10.3 Å². The van der Waals surface area contributed by atoms with Gasteiger partial charge in [0.25, 0.3) is 0 Å². The summed E-state index contributed by atoms with van der Waals surface area (Å²) >= 11 is 1.59. The minimum Gasteiger partial charge on any atom is -0.391 e. The van der Waals surface area contributed by atoms with E-state index in [1.807, 2.05) is 31.7 Å². The molecule has 1 aromatic heterocycles. The summed E-state index contributed by atoms with van der Waals surface area (Å²) < 4.78 is 0. The third kappa shape index (κ3) is 3.74. The van der Waals surface area contributed by atoms with Gasteiger partial charge in [0.15, 0.2) is 0 Å². The molecule has 0 spiro atoms. The lowest BCUT2D eigenvalue weighted by molar-refractivity contribution is 0.0627. The lowest BCUT2D eigenvalue weighted by Crippen LogP contribution is -2.36. The summed E-state index contributed by atoms with van der Waals surface area (Å²) in [5.41, 5.74) is 2.79. The van der Waals surface area contributed by atoms with Crippen molar-refractivity contribution in [3.8, 4) is 0 Å². The smallest absolute Gasteiger partial charge is 0.0795 e. The summed E-state index contributed by atoms with van der Waals surface area (Å²) in [6.07, 6.45) is -0.318. The highest BCUT2D eigenvalue weighted by Crippen LogP contribution is 2.18. The zero-order valence-electron chi connectivity index (χ0n) is 8.95. The highest BCUT2D eigenvalue weighted by Gasteiger charge is 2.21. The van der Waals surface area contributed by atoms with Crippen LogP contribution in [-0.4, -0.2) is 22.7 Å². The molecule has 80 valence electrons. The fraction of sp³-hybridized carbons (Fsp3) is 0.700. The number of nitrogens with one attached hydrogen (secondary N) is 1. The zero-order chi connectivity index (χ0) is 10.6. The summed E-state index contributed by atoms with van der Waals surface area (Å²) in [7, 11) is 0. The van der Waals surface area contributed by atoms with Crippen molar-refractivity contribution in [3.05, 3.63) is 16.6 Å². The number of nitrogens with zero attached hydrogens (tertiary/aromatic N) is 1. The molecule has 0 fully saturated rings.